The lowest BCUT2D eigenvalue weighted by molar-refractivity contribution is -0.145. The van der Waals surface area contributed by atoms with E-state index >= 15 is 0 Å². The fourth-order valence-electron chi connectivity index (χ4n) is 3.43. The number of aromatic nitrogens is 1. The smallest absolute Gasteiger partial charge is 0.306 e. The second-order valence-electron chi connectivity index (χ2n) is 6.53. The number of benzene rings is 1. The van der Waals surface area contributed by atoms with Gasteiger partial charge in [-0.2, -0.15) is 0 Å². The van der Waals surface area contributed by atoms with Crippen LogP contribution >= 0.6 is 0 Å². The number of carbonyl (C=O) groups is 1. The van der Waals surface area contributed by atoms with Crippen molar-refractivity contribution in [2.24, 2.45) is 5.92 Å². The van der Waals surface area contributed by atoms with Gasteiger partial charge in [-0.15, -0.1) is 0 Å². The van der Waals surface area contributed by atoms with Crippen LogP contribution in [0.3, 0.4) is 0 Å². The number of oxazole rings is 1. The number of hydrogen-bond acceptors (Lipinski definition) is 4. The molecule has 128 valence electrons. The maximum absolute atomic E-state index is 13.0. The Balaban J connectivity index is 1.70. The van der Waals surface area contributed by atoms with E-state index in [9.17, 15) is 14.3 Å². The van der Waals surface area contributed by atoms with Crippen molar-refractivity contribution in [3.8, 4) is 11.5 Å². The number of piperidine rings is 1. The zero-order valence-corrected chi connectivity index (χ0v) is 13.8. The number of halogens is 1. The molecule has 2 aromatic rings. The number of aliphatic carboxylic acids is 1. The first kappa shape index (κ1) is 16.6. The van der Waals surface area contributed by atoms with Gasteiger partial charge >= 0.3 is 5.97 Å². The average molecular weight is 332 g/mol. The molecule has 1 N–H and O–H groups in total. The molecule has 2 unspecified atom stereocenters. The first-order valence-electron chi connectivity index (χ1n) is 8.13. The van der Waals surface area contributed by atoms with Crippen LogP contribution in [0.25, 0.3) is 11.5 Å². The third-order valence-electron chi connectivity index (χ3n) is 4.72. The van der Waals surface area contributed by atoms with Crippen molar-refractivity contribution in [1.82, 2.24) is 9.88 Å². The van der Waals surface area contributed by atoms with Gasteiger partial charge in [-0.1, -0.05) is 0 Å². The first-order valence-corrected chi connectivity index (χ1v) is 8.13. The lowest BCUT2D eigenvalue weighted by Crippen LogP contribution is -2.47. The molecule has 0 spiro atoms. The van der Waals surface area contributed by atoms with Gasteiger partial charge < -0.3 is 9.52 Å². The van der Waals surface area contributed by atoms with Crippen molar-refractivity contribution in [3.63, 3.8) is 0 Å². The molecule has 24 heavy (non-hydrogen) atoms. The van der Waals surface area contributed by atoms with Crippen molar-refractivity contribution in [3.05, 3.63) is 42.0 Å². The van der Waals surface area contributed by atoms with E-state index in [0.29, 0.717) is 25.3 Å². The Hall–Kier alpha value is -2.21. The number of nitrogens with zero attached hydrogens (tertiary/aromatic N) is 2. The van der Waals surface area contributed by atoms with Gasteiger partial charge in [0.25, 0.3) is 0 Å². The van der Waals surface area contributed by atoms with E-state index in [1.807, 2.05) is 13.8 Å². The summed E-state index contributed by atoms with van der Waals surface area (Å²) in [7, 11) is 0. The van der Waals surface area contributed by atoms with Crippen LogP contribution in [0.2, 0.25) is 0 Å². The average Bonchev–Trinajstić information content (AvgIpc) is 3.00. The van der Waals surface area contributed by atoms with E-state index in [-0.39, 0.29) is 23.8 Å². The molecular formula is C18H21FN2O3. The normalized spacial score (nSPS) is 24.9. The van der Waals surface area contributed by atoms with Crippen LogP contribution in [0.5, 0.6) is 0 Å². The Morgan fingerprint density at radius 1 is 1.29 bits per heavy atom. The predicted octanol–water partition coefficient (Wildman–Crippen LogP) is 3.55. The SMILES string of the molecule is CC1CC(C(=O)O)CC(C)N1Cc1coc(-c2ccc(F)cc2)n1. The van der Waals surface area contributed by atoms with Crippen LogP contribution in [0.4, 0.5) is 4.39 Å². The molecule has 0 radical (unpaired) electrons. The van der Waals surface area contributed by atoms with Crippen LogP contribution in [0.1, 0.15) is 32.4 Å². The molecular weight excluding hydrogens is 311 g/mol. The number of rotatable bonds is 4. The third kappa shape index (κ3) is 3.48. The molecule has 1 saturated heterocycles. The Bertz CT molecular complexity index is 701. The van der Waals surface area contributed by atoms with Crippen LogP contribution in [-0.2, 0) is 11.3 Å². The standard InChI is InChI=1S/C18H21FN2O3/c1-11-7-14(18(22)23)8-12(2)21(11)9-16-10-24-17(20-16)13-3-5-15(19)6-4-13/h3-6,10-12,14H,7-9H2,1-2H3,(H,22,23). The Labute approximate surface area is 140 Å². The molecule has 5 nitrogen and oxygen atoms in total. The summed E-state index contributed by atoms with van der Waals surface area (Å²) in [6, 6.07) is 6.35. The summed E-state index contributed by atoms with van der Waals surface area (Å²) in [5.41, 5.74) is 1.52. The minimum Gasteiger partial charge on any atom is -0.481 e. The maximum atomic E-state index is 13.0. The molecule has 0 amide bonds. The van der Waals surface area contributed by atoms with Crippen molar-refractivity contribution >= 4 is 5.97 Å². The summed E-state index contributed by atoms with van der Waals surface area (Å²) in [6.07, 6.45) is 2.89. The van der Waals surface area contributed by atoms with Gasteiger partial charge in [-0.25, -0.2) is 9.37 Å². The summed E-state index contributed by atoms with van der Waals surface area (Å²) in [5.74, 6) is -0.827. The van der Waals surface area contributed by atoms with Crippen LogP contribution in [0, 0.1) is 11.7 Å². The second kappa shape index (κ2) is 6.73. The van der Waals surface area contributed by atoms with Gasteiger partial charge in [0.05, 0.1) is 11.6 Å². The Morgan fingerprint density at radius 2 is 1.92 bits per heavy atom. The highest BCUT2D eigenvalue weighted by Crippen LogP contribution is 2.29. The molecule has 2 heterocycles. The van der Waals surface area contributed by atoms with Gasteiger partial charge in [0.2, 0.25) is 5.89 Å². The molecule has 6 heteroatoms. The summed E-state index contributed by atoms with van der Waals surface area (Å²) in [4.78, 5) is 18.0. The number of carboxylic acid groups (broad SMARTS) is 1. The van der Waals surface area contributed by atoms with Crippen LogP contribution < -0.4 is 0 Å². The maximum Gasteiger partial charge on any atom is 0.306 e. The molecule has 0 bridgehead atoms. The van der Waals surface area contributed by atoms with E-state index < -0.39 is 5.97 Å². The summed E-state index contributed by atoms with van der Waals surface area (Å²) in [5, 5.41) is 9.23. The lowest BCUT2D eigenvalue weighted by atomic mass is 9.87. The fourth-order valence-corrected chi connectivity index (χ4v) is 3.43. The van der Waals surface area contributed by atoms with E-state index in [4.69, 9.17) is 4.42 Å². The second-order valence-corrected chi connectivity index (χ2v) is 6.53. The van der Waals surface area contributed by atoms with Gasteiger partial charge in [-0.05, 0) is 51.0 Å². The van der Waals surface area contributed by atoms with Crippen molar-refractivity contribution in [2.75, 3.05) is 0 Å². The minimum absolute atomic E-state index is 0.167. The highest BCUT2D eigenvalue weighted by Gasteiger charge is 2.34. The molecule has 0 saturated carbocycles. The molecule has 2 atom stereocenters. The highest BCUT2D eigenvalue weighted by atomic mass is 19.1. The highest BCUT2D eigenvalue weighted by molar-refractivity contribution is 5.70. The number of hydrogen-bond donors (Lipinski definition) is 1. The van der Waals surface area contributed by atoms with E-state index in [1.165, 1.54) is 12.1 Å². The van der Waals surface area contributed by atoms with E-state index in [2.05, 4.69) is 9.88 Å². The quantitative estimate of drug-likeness (QED) is 0.927. The molecule has 1 aromatic carbocycles. The van der Waals surface area contributed by atoms with Gasteiger partial charge in [-0.3, -0.25) is 9.69 Å². The topological polar surface area (TPSA) is 66.6 Å². The van der Waals surface area contributed by atoms with Crippen LogP contribution in [0.15, 0.2) is 34.9 Å². The Morgan fingerprint density at radius 3 is 2.50 bits per heavy atom. The van der Waals surface area contributed by atoms with Crippen LogP contribution in [-0.4, -0.2) is 33.0 Å². The molecule has 1 aromatic heterocycles. The number of carboxylic acids is 1. The van der Waals surface area contributed by atoms with Gasteiger partial charge in [0.1, 0.15) is 12.1 Å². The van der Waals surface area contributed by atoms with Crippen molar-refractivity contribution < 1.29 is 18.7 Å². The van der Waals surface area contributed by atoms with Crippen molar-refractivity contribution in [2.45, 2.75) is 45.3 Å². The molecule has 1 aliphatic rings. The minimum atomic E-state index is -0.714. The van der Waals surface area contributed by atoms with Crippen molar-refractivity contribution in [1.29, 1.82) is 0 Å². The number of likely N-dealkylation sites (tertiary alicyclic amines) is 1. The zero-order chi connectivity index (χ0) is 17.3. The predicted molar refractivity (Wildman–Crippen MR) is 86.7 cm³/mol. The summed E-state index contributed by atoms with van der Waals surface area (Å²) in [6.45, 7) is 4.71. The largest absolute Gasteiger partial charge is 0.481 e. The molecule has 1 fully saturated rings. The van der Waals surface area contributed by atoms with Gasteiger partial charge in [0, 0.05) is 24.2 Å². The lowest BCUT2D eigenvalue weighted by Gasteiger charge is -2.41. The third-order valence-corrected chi connectivity index (χ3v) is 4.72. The monoisotopic (exact) mass is 332 g/mol. The zero-order valence-electron chi connectivity index (χ0n) is 13.8. The summed E-state index contributed by atoms with van der Waals surface area (Å²) >= 11 is 0. The molecule has 1 aliphatic heterocycles. The van der Waals surface area contributed by atoms with Gasteiger partial charge in [0.15, 0.2) is 0 Å². The summed E-state index contributed by atoms with van der Waals surface area (Å²) < 4.78 is 18.5. The molecule has 3 rings (SSSR count). The first-order chi connectivity index (χ1) is 11.4. The fraction of sp³-hybridized carbons (Fsp3) is 0.444. The van der Waals surface area contributed by atoms with E-state index in [0.717, 1.165) is 11.3 Å². The Kier molecular flexibility index (Phi) is 4.66. The molecule has 0 aliphatic carbocycles. The van der Waals surface area contributed by atoms with E-state index in [1.54, 1.807) is 18.4 Å².